The van der Waals surface area contributed by atoms with Crippen LogP contribution in [0.25, 0.3) is 10.2 Å². The van der Waals surface area contributed by atoms with Gasteiger partial charge in [-0.1, -0.05) is 42.5 Å². The zero-order valence-corrected chi connectivity index (χ0v) is 17.9. The number of quaternary nitrogens is 2. The SMILES string of the molecule is CCN(Cc1ccccc1)C(=O)C[NH+]1CC[NH+](Cc2nc3ccccc3s2)CC1. The van der Waals surface area contributed by atoms with Crippen LogP contribution in [0.15, 0.2) is 54.6 Å². The van der Waals surface area contributed by atoms with E-state index in [1.807, 2.05) is 34.4 Å². The molecule has 1 aliphatic rings. The normalized spacial score (nSPS) is 19.3. The van der Waals surface area contributed by atoms with Crippen LogP contribution in [0.1, 0.15) is 17.5 Å². The third-order valence-corrected chi connectivity index (χ3v) is 6.79. The van der Waals surface area contributed by atoms with E-state index in [4.69, 9.17) is 4.98 Å². The highest BCUT2D eigenvalue weighted by Crippen LogP contribution is 2.20. The van der Waals surface area contributed by atoms with Crippen LogP contribution in [0, 0.1) is 0 Å². The fourth-order valence-corrected chi connectivity index (χ4v) is 5.06. The number of hydrogen-bond donors (Lipinski definition) is 2. The number of likely N-dealkylation sites (N-methyl/N-ethyl adjacent to an activating group) is 1. The molecule has 6 heteroatoms. The molecule has 0 aliphatic carbocycles. The van der Waals surface area contributed by atoms with Gasteiger partial charge >= 0.3 is 0 Å². The molecule has 0 bridgehead atoms. The smallest absolute Gasteiger partial charge is 0.278 e. The first kappa shape index (κ1) is 20.0. The molecular formula is C23H30N4OS+2. The predicted octanol–water partition coefficient (Wildman–Crippen LogP) is 0.628. The Balaban J connectivity index is 1.26. The monoisotopic (exact) mass is 410 g/mol. The molecule has 1 aromatic heterocycles. The van der Waals surface area contributed by atoms with Crippen molar-refractivity contribution in [2.24, 2.45) is 0 Å². The highest BCUT2D eigenvalue weighted by Gasteiger charge is 2.27. The van der Waals surface area contributed by atoms with Crippen LogP contribution in [0.5, 0.6) is 0 Å². The molecule has 4 rings (SSSR count). The summed E-state index contributed by atoms with van der Waals surface area (Å²) < 4.78 is 1.27. The molecule has 1 amide bonds. The first-order valence-corrected chi connectivity index (χ1v) is 11.4. The number of hydrogen-bond acceptors (Lipinski definition) is 3. The van der Waals surface area contributed by atoms with Crippen LogP contribution < -0.4 is 9.80 Å². The van der Waals surface area contributed by atoms with Crippen LogP contribution in [0.2, 0.25) is 0 Å². The lowest BCUT2D eigenvalue weighted by Crippen LogP contribution is -3.28. The third-order valence-electron chi connectivity index (χ3n) is 5.76. The molecule has 1 aliphatic heterocycles. The molecule has 29 heavy (non-hydrogen) atoms. The second kappa shape index (κ2) is 9.48. The second-order valence-corrected chi connectivity index (χ2v) is 8.94. The fraction of sp³-hybridized carbons (Fsp3) is 0.391. The third kappa shape index (κ3) is 5.21. The Bertz CT molecular complexity index is 901. The van der Waals surface area contributed by atoms with Gasteiger partial charge in [0.05, 0.1) is 10.2 Å². The number of piperazine rings is 1. The predicted molar refractivity (Wildman–Crippen MR) is 117 cm³/mol. The largest absolute Gasteiger partial charge is 0.334 e. The molecule has 2 aromatic carbocycles. The van der Waals surface area contributed by atoms with Gasteiger partial charge < -0.3 is 14.7 Å². The summed E-state index contributed by atoms with van der Waals surface area (Å²) in [6.45, 7) is 9.44. The minimum Gasteiger partial charge on any atom is -0.334 e. The summed E-state index contributed by atoms with van der Waals surface area (Å²) in [5.41, 5.74) is 2.31. The van der Waals surface area contributed by atoms with Crippen molar-refractivity contribution in [1.29, 1.82) is 0 Å². The molecule has 0 saturated carbocycles. The maximum atomic E-state index is 12.8. The zero-order chi connectivity index (χ0) is 20.1. The molecule has 0 spiro atoms. The van der Waals surface area contributed by atoms with Crippen LogP contribution in [0.4, 0.5) is 0 Å². The van der Waals surface area contributed by atoms with Gasteiger partial charge in [0.1, 0.15) is 37.7 Å². The number of carbonyl (C=O) groups excluding carboxylic acids is 1. The number of nitrogens with zero attached hydrogens (tertiary/aromatic N) is 2. The standard InChI is InChI=1S/C23H28N4OS/c1-2-27(16-19-8-4-3-5-9-19)23(28)18-26-14-12-25(13-15-26)17-22-24-20-10-6-7-11-21(20)29-22/h3-11H,2,12-18H2,1H3/p+2. The van der Waals surface area contributed by atoms with Crippen molar-refractivity contribution < 1.29 is 14.6 Å². The summed E-state index contributed by atoms with van der Waals surface area (Å²) in [4.78, 5) is 22.6. The van der Waals surface area contributed by atoms with E-state index in [1.54, 1.807) is 4.90 Å². The van der Waals surface area contributed by atoms with Gasteiger partial charge in [0.15, 0.2) is 6.54 Å². The fourth-order valence-electron chi connectivity index (χ4n) is 4.03. The Morgan fingerprint density at radius 2 is 1.69 bits per heavy atom. The number of para-hydroxylation sites is 1. The summed E-state index contributed by atoms with van der Waals surface area (Å²) in [5, 5.41) is 1.22. The van der Waals surface area contributed by atoms with E-state index in [0.29, 0.717) is 13.1 Å². The number of carbonyl (C=O) groups is 1. The number of thiazole rings is 1. The molecular weight excluding hydrogens is 380 g/mol. The number of nitrogens with one attached hydrogen (secondary N) is 2. The summed E-state index contributed by atoms with van der Waals surface area (Å²) >= 11 is 1.81. The Hall–Kier alpha value is -2.28. The average Bonchev–Trinajstić information content (AvgIpc) is 3.16. The van der Waals surface area contributed by atoms with Crippen molar-refractivity contribution in [1.82, 2.24) is 9.88 Å². The van der Waals surface area contributed by atoms with Gasteiger partial charge in [-0.2, -0.15) is 0 Å². The maximum absolute atomic E-state index is 12.8. The summed E-state index contributed by atoms with van der Waals surface area (Å²) in [6, 6.07) is 18.6. The lowest BCUT2D eigenvalue weighted by Gasteiger charge is -2.30. The van der Waals surface area contributed by atoms with Crippen LogP contribution in [-0.2, 0) is 17.9 Å². The van der Waals surface area contributed by atoms with E-state index < -0.39 is 0 Å². The topological polar surface area (TPSA) is 42.1 Å². The van der Waals surface area contributed by atoms with Gasteiger partial charge in [0.2, 0.25) is 0 Å². The average molecular weight is 411 g/mol. The first-order chi connectivity index (χ1) is 14.2. The molecule has 0 unspecified atom stereocenters. The second-order valence-electron chi connectivity index (χ2n) is 7.82. The highest BCUT2D eigenvalue weighted by molar-refractivity contribution is 7.18. The van der Waals surface area contributed by atoms with Gasteiger partial charge in [0.25, 0.3) is 5.91 Å². The van der Waals surface area contributed by atoms with Crippen LogP contribution >= 0.6 is 11.3 Å². The molecule has 2 heterocycles. The Morgan fingerprint density at radius 3 is 2.41 bits per heavy atom. The van der Waals surface area contributed by atoms with Gasteiger partial charge in [-0.3, -0.25) is 4.79 Å². The lowest BCUT2D eigenvalue weighted by molar-refractivity contribution is -1.02. The van der Waals surface area contributed by atoms with Gasteiger partial charge in [-0.25, -0.2) is 4.98 Å². The van der Waals surface area contributed by atoms with Gasteiger partial charge in [0, 0.05) is 13.1 Å². The van der Waals surface area contributed by atoms with Gasteiger partial charge in [-0.05, 0) is 24.6 Å². The summed E-state index contributed by atoms with van der Waals surface area (Å²) in [5.74, 6) is 0.265. The molecule has 0 atom stereocenters. The van der Waals surface area contributed by atoms with E-state index in [0.717, 1.165) is 44.8 Å². The van der Waals surface area contributed by atoms with Crippen molar-refractivity contribution in [2.45, 2.75) is 20.0 Å². The molecule has 1 fully saturated rings. The van der Waals surface area contributed by atoms with Crippen LogP contribution in [-0.4, -0.2) is 55.1 Å². The number of aromatic nitrogens is 1. The lowest BCUT2D eigenvalue weighted by atomic mass is 10.2. The number of fused-ring (bicyclic) bond motifs is 1. The van der Waals surface area contributed by atoms with E-state index in [-0.39, 0.29) is 5.91 Å². The highest BCUT2D eigenvalue weighted by atomic mass is 32.1. The van der Waals surface area contributed by atoms with Crippen molar-refractivity contribution in [3.8, 4) is 0 Å². The number of rotatable bonds is 7. The van der Waals surface area contributed by atoms with E-state index in [9.17, 15) is 4.79 Å². The minimum atomic E-state index is 0.265. The Kier molecular flexibility index (Phi) is 6.54. The first-order valence-electron chi connectivity index (χ1n) is 10.5. The van der Waals surface area contributed by atoms with Crippen LogP contribution in [0.3, 0.4) is 0 Å². The molecule has 3 aromatic rings. The number of amides is 1. The molecule has 2 N–H and O–H groups in total. The summed E-state index contributed by atoms with van der Waals surface area (Å²) in [7, 11) is 0. The zero-order valence-electron chi connectivity index (χ0n) is 17.1. The molecule has 152 valence electrons. The Morgan fingerprint density at radius 1 is 1.00 bits per heavy atom. The Labute approximate surface area is 176 Å². The maximum Gasteiger partial charge on any atom is 0.278 e. The van der Waals surface area contributed by atoms with Crippen molar-refractivity contribution >= 4 is 27.5 Å². The minimum absolute atomic E-state index is 0.265. The summed E-state index contributed by atoms with van der Waals surface area (Å²) in [6.07, 6.45) is 0. The van der Waals surface area contributed by atoms with Crippen molar-refractivity contribution in [2.75, 3.05) is 39.3 Å². The molecule has 1 saturated heterocycles. The quantitative estimate of drug-likeness (QED) is 0.600. The number of benzene rings is 2. The molecule has 5 nitrogen and oxygen atoms in total. The molecule has 0 radical (unpaired) electrons. The van der Waals surface area contributed by atoms with E-state index in [2.05, 4.69) is 43.3 Å². The van der Waals surface area contributed by atoms with Gasteiger partial charge in [-0.15, -0.1) is 11.3 Å². The van der Waals surface area contributed by atoms with Crippen molar-refractivity contribution in [3.05, 3.63) is 65.2 Å². The van der Waals surface area contributed by atoms with Crippen molar-refractivity contribution in [3.63, 3.8) is 0 Å². The van der Waals surface area contributed by atoms with E-state index >= 15 is 0 Å². The van der Waals surface area contributed by atoms with E-state index in [1.165, 1.54) is 20.2 Å².